The van der Waals surface area contributed by atoms with Crippen molar-refractivity contribution < 1.29 is 13.2 Å². The second-order valence-electron chi connectivity index (χ2n) is 11.6. The minimum atomic E-state index is -1.27. The van der Waals surface area contributed by atoms with Crippen molar-refractivity contribution in [3.05, 3.63) is 0 Å². The topological polar surface area (TPSA) is 0 Å². The molecule has 0 amide bonds. The molecule has 4 saturated carbocycles. The molecule has 4 aliphatic carbocycles. The van der Waals surface area contributed by atoms with Gasteiger partial charge in [-0.05, 0) is 112 Å². The predicted octanol–water partition coefficient (Wildman–Crippen LogP) is 9.04. The summed E-state index contributed by atoms with van der Waals surface area (Å²) in [5, 5.41) is 0. The molecule has 4 aliphatic rings. The lowest BCUT2D eigenvalue weighted by atomic mass is 9.62. The molecular formula is C27H44F3I. The average Bonchev–Trinajstić information content (AvgIpc) is 2.77. The Morgan fingerprint density at radius 2 is 1.06 bits per heavy atom. The summed E-state index contributed by atoms with van der Waals surface area (Å²) >= 11 is 2.39. The van der Waals surface area contributed by atoms with Crippen molar-refractivity contribution in [3.63, 3.8) is 0 Å². The molecule has 0 aromatic heterocycles. The first kappa shape index (κ1) is 24.6. The first-order valence-electron chi connectivity index (χ1n) is 13.5. The Hall–Kier alpha value is 0.520. The second kappa shape index (κ2) is 11.3. The van der Waals surface area contributed by atoms with Crippen molar-refractivity contribution in [1.82, 2.24) is 0 Å². The number of hydrogen-bond acceptors (Lipinski definition) is 0. The van der Waals surface area contributed by atoms with E-state index in [0.29, 0.717) is 28.1 Å². The molecular weight excluding hydrogens is 508 g/mol. The number of alkyl halides is 4. The summed E-state index contributed by atoms with van der Waals surface area (Å²) in [7, 11) is 0. The lowest BCUT2D eigenvalue weighted by Crippen LogP contribution is -2.45. The first-order chi connectivity index (χ1) is 15.0. The van der Waals surface area contributed by atoms with Crippen LogP contribution in [0, 0.1) is 41.4 Å². The molecule has 0 aromatic rings. The van der Waals surface area contributed by atoms with E-state index >= 15 is 8.78 Å². The third kappa shape index (κ3) is 5.78. The Kier molecular flexibility index (Phi) is 8.98. The summed E-state index contributed by atoms with van der Waals surface area (Å²) in [5.74, 6) is 2.13. The van der Waals surface area contributed by atoms with Gasteiger partial charge in [0.2, 0.25) is 0 Å². The van der Waals surface area contributed by atoms with Crippen LogP contribution in [-0.4, -0.2) is 22.4 Å². The molecule has 180 valence electrons. The van der Waals surface area contributed by atoms with Gasteiger partial charge in [0, 0.05) is 3.92 Å². The van der Waals surface area contributed by atoms with Crippen LogP contribution in [0.4, 0.5) is 13.2 Å². The van der Waals surface area contributed by atoms with Crippen molar-refractivity contribution in [2.75, 3.05) is 0 Å². The SMILES string of the molecule is CCCC1CCC(C2CCC(C3CCC(C4CCC(I)CC4F)CC3)[C@H](F)C2F)CC1. The molecule has 0 nitrogen and oxygen atoms in total. The van der Waals surface area contributed by atoms with Gasteiger partial charge in [-0.15, -0.1) is 0 Å². The highest BCUT2D eigenvalue weighted by atomic mass is 127. The molecule has 0 aliphatic heterocycles. The molecule has 0 heterocycles. The van der Waals surface area contributed by atoms with Crippen molar-refractivity contribution in [3.8, 4) is 0 Å². The molecule has 31 heavy (non-hydrogen) atoms. The van der Waals surface area contributed by atoms with Crippen LogP contribution < -0.4 is 0 Å². The van der Waals surface area contributed by atoms with E-state index < -0.39 is 18.5 Å². The Labute approximate surface area is 202 Å². The molecule has 0 N–H and O–H groups in total. The molecule has 0 saturated heterocycles. The smallest absolute Gasteiger partial charge is 0.134 e. The maximum atomic E-state index is 15.3. The fraction of sp³-hybridized carbons (Fsp3) is 1.00. The van der Waals surface area contributed by atoms with Crippen LogP contribution in [-0.2, 0) is 0 Å². The van der Waals surface area contributed by atoms with Gasteiger partial charge in [-0.1, -0.05) is 55.2 Å². The normalized spacial score (nSPS) is 49.6. The van der Waals surface area contributed by atoms with Gasteiger partial charge in [-0.2, -0.15) is 0 Å². The minimum Gasteiger partial charge on any atom is -0.247 e. The highest BCUT2D eigenvalue weighted by molar-refractivity contribution is 14.1. The molecule has 4 rings (SSSR count). The Morgan fingerprint density at radius 1 is 0.613 bits per heavy atom. The highest BCUT2D eigenvalue weighted by Gasteiger charge is 2.47. The molecule has 0 bridgehead atoms. The van der Waals surface area contributed by atoms with Gasteiger partial charge in [-0.3, -0.25) is 0 Å². The zero-order valence-electron chi connectivity index (χ0n) is 19.5. The van der Waals surface area contributed by atoms with Crippen LogP contribution in [0.3, 0.4) is 0 Å². The van der Waals surface area contributed by atoms with Crippen LogP contribution in [0.15, 0.2) is 0 Å². The first-order valence-corrected chi connectivity index (χ1v) is 14.8. The second-order valence-corrected chi connectivity index (χ2v) is 13.4. The van der Waals surface area contributed by atoms with Gasteiger partial charge in [0.05, 0.1) is 0 Å². The van der Waals surface area contributed by atoms with Crippen LogP contribution in [0.25, 0.3) is 0 Å². The quantitative estimate of drug-likeness (QED) is 0.236. The standard InChI is InChI=1S/C27H44F3I/c1-2-3-17-4-6-19(7-5-17)23-14-15-24(27(30)26(23)29)20-10-8-18(9-11-20)22-13-12-21(31)16-25(22)28/h17-27H,2-16H2,1H3/t17?,18?,19?,20?,21?,22?,23?,24?,25?,26?,27-/m0/s1. The molecule has 7 atom stereocenters. The molecule has 0 radical (unpaired) electrons. The Balaban J connectivity index is 1.26. The summed E-state index contributed by atoms with van der Waals surface area (Å²) in [5.41, 5.74) is 0. The summed E-state index contributed by atoms with van der Waals surface area (Å²) < 4.78 is 45.8. The van der Waals surface area contributed by atoms with Crippen LogP contribution in [0.5, 0.6) is 0 Å². The fourth-order valence-corrected chi connectivity index (χ4v) is 8.95. The summed E-state index contributed by atoms with van der Waals surface area (Å²) in [6, 6.07) is 0. The minimum absolute atomic E-state index is 0.0408. The Morgan fingerprint density at radius 3 is 1.55 bits per heavy atom. The summed E-state index contributed by atoms with van der Waals surface area (Å²) in [6.45, 7) is 2.25. The lowest BCUT2D eigenvalue weighted by Gasteiger charge is -2.45. The van der Waals surface area contributed by atoms with E-state index in [4.69, 9.17) is 0 Å². The third-order valence-corrected chi connectivity index (χ3v) is 11.1. The van der Waals surface area contributed by atoms with Crippen LogP contribution >= 0.6 is 22.6 Å². The van der Waals surface area contributed by atoms with Gasteiger partial charge in [0.1, 0.15) is 18.5 Å². The molecule has 0 spiro atoms. The summed E-state index contributed by atoms with van der Waals surface area (Å²) in [6.07, 6.45) is 12.8. The number of halogens is 4. The largest absolute Gasteiger partial charge is 0.247 e. The van der Waals surface area contributed by atoms with E-state index in [1.54, 1.807) is 0 Å². The van der Waals surface area contributed by atoms with Gasteiger partial charge in [0.25, 0.3) is 0 Å². The predicted molar refractivity (Wildman–Crippen MR) is 132 cm³/mol. The van der Waals surface area contributed by atoms with Crippen molar-refractivity contribution in [1.29, 1.82) is 0 Å². The number of hydrogen-bond donors (Lipinski definition) is 0. The van der Waals surface area contributed by atoms with E-state index in [0.717, 1.165) is 70.1 Å². The Bertz CT molecular complexity index is 541. The van der Waals surface area contributed by atoms with E-state index in [9.17, 15) is 4.39 Å². The van der Waals surface area contributed by atoms with E-state index in [1.165, 1.54) is 25.7 Å². The van der Waals surface area contributed by atoms with Crippen LogP contribution in [0.1, 0.15) is 103 Å². The third-order valence-electron chi connectivity index (χ3n) is 9.94. The molecule has 6 unspecified atom stereocenters. The van der Waals surface area contributed by atoms with Crippen molar-refractivity contribution >= 4 is 22.6 Å². The van der Waals surface area contributed by atoms with Crippen molar-refractivity contribution in [2.45, 2.75) is 126 Å². The van der Waals surface area contributed by atoms with E-state index in [1.807, 2.05) is 0 Å². The highest BCUT2D eigenvalue weighted by Crippen LogP contribution is 2.50. The van der Waals surface area contributed by atoms with E-state index in [2.05, 4.69) is 29.5 Å². The van der Waals surface area contributed by atoms with Crippen molar-refractivity contribution in [2.24, 2.45) is 41.4 Å². The average molecular weight is 553 g/mol. The monoisotopic (exact) mass is 552 g/mol. The van der Waals surface area contributed by atoms with Crippen LogP contribution in [0.2, 0.25) is 0 Å². The molecule has 4 fully saturated rings. The maximum Gasteiger partial charge on any atom is 0.134 e. The van der Waals surface area contributed by atoms with E-state index in [-0.39, 0.29) is 17.8 Å². The fourth-order valence-electron chi connectivity index (χ4n) is 8.10. The molecule has 4 heteroatoms. The van der Waals surface area contributed by atoms with Gasteiger partial charge in [0.15, 0.2) is 0 Å². The lowest BCUT2D eigenvalue weighted by molar-refractivity contribution is -0.0402. The zero-order valence-corrected chi connectivity index (χ0v) is 21.6. The van der Waals surface area contributed by atoms with Gasteiger partial charge < -0.3 is 0 Å². The maximum absolute atomic E-state index is 15.3. The molecule has 0 aromatic carbocycles. The number of rotatable bonds is 5. The zero-order chi connectivity index (χ0) is 22.0. The summed E-state index contributed by atoms with van der Waals surface area (Å²) in [4.78, 5) is 0. The van der Waals surface area contributed by atoms with Gasteiger partial charge in [-0.25, -0.2) is 13.2 Å². The van der Waals surface area contributed by atoms with Gasteiger partial charge >= 0.3 is 0 Å².